The average molecular weight is 969 g/mol. The fourth-order valence-corrected chi connectivity index (χ4v) is 15.5. The van der Waals surface area contributed by atoms with Crippen molar-refractivity contribution in [3.05, 3.63) is 41.0 Å². The number of aliphatic hydroxyl groups excluding tert-OH is 1. The van der Waals surface area contributed by atoms with Crippen molar-refractivity contribution in [2.45, 2.75) is 189 Å². The van der Waals surface area contributed by atoms with E-state index in [1.165, 1.54) is 18.9 Å². The first-order valence-electron chi connectivity index (χ1n) is 27.2. The van der Waals surface area contributed by atoms with Crippen molar-refractivity contribution < 1.29 is 43.3 Å². The quantitative estimate of drug-likeness (QED) is 0.0597. The Morgan fingerprint density at radius 1 is 0.771 bits per heavy atom. The SMILES string of the molecule is CC1(C)CC[C@]2(C(=O)NCCCCCCOCCOCCCCCC(=O)Nc3cccc4c3C(=O)N(C3CCC(=O)NC3=O)C4=O)CC[C@]3(C)C(=CC[C@@H]4[C@@]5(C)CC[C@H](O)C(C)(C)[C@@H]5CC[C@]43C)[C@@H]2C1. The number of piperidine rings is 1. The Hall–Kier alpha value is -3.94. The minimum atomic E-state index is -1.07. The summed E-state index contributed by atoms with van der Waals surface area (Å²) in [6, 6.07) is 3.59. The highest BCUT2D eigenvalue weighted by Crippen LogP contribution is 2.75. The van der Waals surface area contributed by atoms with E-state index in [1.54, 1.807) is 17.7 Å². The van der Waals surface area contributed by atoms with Crippen molar-refractivity contribution >= 4 is 41.1 Å². The predicted molar refractivity (Wildman–Crippen MR) is 268 cm³/mol. The van der Waals surface area contributed by atoms with Gasteiger partial charge in [0.05, 0.1) is 41.5 Å². The van der Waals surface area contributed by atoms with E-state index in [0.29, 0.717) is 56.5 Å². The van der Waals surface area contributed by atoms with E-state index in [-0.39, 0.29) is 80.6 Å². The van der Waals surface area contributed by atoms with E-state index in [0.717, 1.165) is 101 Å². The summed E-state index contributed by atoms with van der Waals surface area (Å²) in [6.45, 7) is 20.3. The maximum Gasteiger partial charge on any atom is 0.264 e. The van der Waals surface area contributed by atoms with Crippen LogP contribution in [0, 0.1) is 50.2 Å². The summed E-state index contributed by atoms with van der Waals surface area (Å²) < 4.78 is 11.6. The molecule has 0 spiro atoms. The number of anilines is 1. The molecular formula is C57H84N4O9. The van der Waals surface area contributed by atoms with Crippen LogP contribution in [0.5, 0.6) is 0 Å². The molecule has 9 atom stereocenters. The fourth-order valence-electron chi connectivity index (χ4n) is 15.5. The molecule has 0 radical (unpaired) electrons. The molecule has 0 bridgehead atoms. The Morgan fingerprint density at radius 2 is 1.47 bits per heavy atom. The molecule has 4 N–H and O–H groups in total. The van der Waals surface area contributed by atoms with Gasteiger partial charge in [-0.25, -0.2) is 0 Å². The Kier molecular flexibility index (Phi) is 15.4. The van der Waals surface area contributed by atoms with Gasteiger partial charge in [0.15, 0.2) is 0 Å². The molecule has 7 aliphatic rings. The Bertz CT molecular complexity index is 2220. The molecule has 13 nitrogen and oxygen atoms in total. The van der Waals surface area contributed by atoms with Crippen molar-refractivity contribution in [3.8, 4) is 0 Å². The number of carbonyl (C=O) groups excluding carboxylic acids is 6. The van der Waals surface area contributed by atoms with Gasteiger partial charge >= 0.3 is 0 Å². The lowest BCUT2D eigenvalue weighted by molar-refractivity contribution is -0.203. The number of nitrogens with zero attached hydrogens (tertiary/aromatic N) is 1. The molecule has 6 amide bonds. The van der Waals surface area contributed by atoms with Crippen LogP contribution in [-0.4, -0.2) is 90.6 Å². The second kappa shape index (κ2) is 20.5. The van der Waals surface area contributed by atoms with Crippen molar-refractivity contribution in [1.82, 2.24) is 15.5 Å². The zero-order valence-electron chi connectivity index (χ0n) is 43.5. The Labute approximate surface area is 417 Å². The molecule has 1 aromatic rings. The second-order valence-electron chi connectivity index (χ2n) is 24.7. The number of hydrogen-bond acceptors (Lipinski definition) is 9. The third-order valence-electron chi connectivity index (χ3n) is 19.9. The summed E-state index contributed by atoms with van der Waals surface area (Å²) in [5.41, 5.74) is 2.35. The largest absolute Gasteiger partial charge is 0.393 e. The number of ether oxygens (including phenoxy) is 2. The van der Waals surface area contributed by atoms with Crippen LogP contribution in [0.15, 0.2) is 29.8 Å². The van der Waals surface area contributed by atoms with Crippen molar-refractivity contribution in [3.63, 3.8) is 0 Å². The lowest BCUT2D eigenvalue weighted by atomic mass is 9.33. The maximum atomic E-state index is 14.5. The number of aliphatic hydroxyl groups is 1. The molecule has 70 heavy (non-hydrogen) atoms. The molecule has 4 saturated carbocycles. The molecule has 8 rings (SSSR count). The molecular weight excluding hydrogens is 885 g/mol. The Balaban J connectivity index is 0.695. The zero-order valence-corrected chi connectivity index (χ0v) is 43.5. The molecule has 1 unspecified atom stereocenters. The van der Waals surface area contributed by atoms with Crippen LogP contribution >= 0.6 is 0 Å². The summed E-state index contributed by atoms with van der Waals surface area (Å²) in [4.78, 5) is 78.7. The number of benzene rings is 1. The number of allylic oxidation sites excluding steroid dienone is 2. The van der Waals surface area contributed by atoms with Gasteiger partial charge in [0, 0.05) is 32.6 Å². The van der Waals surface area contributed by atoms with Gasteiger partial charge in [-0.2, -0.15) is 0 Å². The highest BCUT2D eigenvalue weighted by Gasteiger charge is 2.69. The summed E-state index contributed by atoms with van der Waals surface area (Å²) >= 11 is 0. The van der Waals surface area contributed by atoms with Crippen LogP contribution in [0.1, 0.15) is 198 Å². The van der Waals surface area contributed by atoms with Gasteiger partial charge in [0.25, 0.3) is 11.8 Å². The normalized spacial score (nSPS) is 34.0. The van der Waals surface area contributed by atoms with E-state index in [2.05, 4.69) is 70.5 Å². The van der Waals surface area contributed by atoms with Crippen LogP contribution in [0.2, 0.25) is 0 Å². The van der Waals surface area contributed by atoms with Crippen LogP contribution in [0.3, 0.4) is 0 Å². The van der Waals surface area contributed by atoms with Crippen LogP contribution in [-0.2, 0) is 28.7 Å². The number of carbonyl (C=O) groups is 6. The van der Waals surface area contributed by atoms with Crippen molar-refractivity contribution in [2.75, 3.05) is 38.3 Å². The first-order chi connectivity index (χ1) is 33.2. The van der Waals surface area contributed by atoms with Gasteiger partial charge < -0.3 is 25.2 Å². The number of hydrogen-bond donors (Lipinski definition) is 4. The van der Waals surface area contributed by atoms with Gasteiger partial charge in [-0.15, -0.1) is 0 Å². The molecule has 5 aliphatic carbocycles. The third kappa shape index (κ3) is 9.58. The third-order valence-corrected chi connectivity index (χ3v) is 19.9. The molecule has 1 aromatic carbocycles. The number of nitrogens with one attached hydrogen (secondary N) is 3. The summed E-state index contributed by atoms with van der Waals surface area (Å²) in [5, 5.41) is 19.6. The minimum absolute atomic E-state index is 0.0334. The van der Waals surface area contributed by atoms with Crippen LogP contribution in [0.25, 0.3) is 0 Å². The van der Waals surface area contributed by atoms with Gasteiger partial charge in [0.1, 0.15) is 6.04 Å². The van der Waals surface area contributed by atoms with E-state index >= 15 is 0 Å². The van der Waals surface area contributed by atoms with E-state index < -0.39 is 29.7 Å². The van der Waals surface area contributed by atoms with Crippen molar-refractivity contribution in [2.24, 2.45) is 50.2 Å². The molecule has 5 fully saturated rings. The highest BCUT2D eigenvalue weighted by molar-refractivity contribution is 6.26. The van der Waals surface area contributed by atoms with Gasteiger partial charge in [-0.1, -0.05) is 85.4 Å². The average Bonchev–Trinajstić information content (AvgIpc) is 3.56. The summed E-state index contributed by atoms with van der Waals surface area (Å²) in [6.07, 6.45) is 19.7. The van der Waals surface area contributed by atoms with Crippen molar-refractivity contribution in [1.29, 1.82) is 0 Å². The molecule has 386 valence electrons. The molecule has 13 heteroatoms. The Morgan fingerprint density at radius 3 is 2.20 bits per heavy atom. The minimum Gasteiger partial charge on any atom is -0.393 e. The molecule has 2 heterocycles. The zero-order chi connectivity index (χ0) is 50.3. The first kappa shape index (κ1) is 52.4. The molecule has 0 aromatic heterocycles. The fraction of sp³-hybridized carbons (Fsp3) is 0.754. The second-order valence-corrected chi connectivity index (χ2v) is 24.7. The summed E-state index contributed by atoms with van der Waals surface area (Å²) in [7, 11) is 0. The highest BCUT2D eigenvalue weighted by atomic mass is 16.5. The summed E-state index contributed by atoms with van der Waals surface area (Å²) in [5.74, 6) is -0.949. The standard InChI is InChI=1S/C57H84N4O9/c1-52(2)27-29-57(30-28-55(6)38(39(57)36-52)19-21-43-54(5)25-24-44(62)53(3,4)42(54)23-26-56(43,55)7)51(68)58-31-12-8-9-13-32-69-34-35-70-33-14-10-11-18-45(63)59-40-17-15-16-37-47(40)50(67)61(49(37)66)41-20-22-46(64)60-48(41)65/h15-17,19,39,41-44,62H,8-14,18,20-36H2,1-7H3,(H,58,68)(H,59,63)(H,60,64,65)/t39-,41?,42-,43+,44-,54-,55+,56+,57-/m0/s1. The van der Waals surface area contributed by atoms with Gasteiger partial charge in [0.2, 0.25) is 23.6 Å². The number of imide groups is 2. The van der Waals surface area contributed by atoms with Crippen LogP contribution < -0.4 is 16.0 Å². The number of fused-ring (bicyclic) bond motifs is 8. The maximum absolute atomic E-state index is 14.5. The van der Waals surface area contributed by atoms with E-state index in [1.807, 2.05) is 0 Å². The predicted octanol–water partition coefficient (Wildman–Crippen LogP) is 9.46. The molecule has 2 aliphatic heterocycles. The van der Waals surface area contributed by atoms with Gasteiger partial charge in [-0.05, 0) is 153 Å². The van der Waals surface area contributed by atoms with E-state index in [4.69, 9.17) is 9.47 Å². The van der Waals surface area contributed by atoms with Crippen LogP contribution in [0.4, 0.5) is 5.69 Å². The molecule has 1 saturated heterocycles. The lowest BCUT2D eigenvalue weighted by Crippen LogP contribution is -2.65. The van der Waals surface area contributed by atoms with Gasteiger partial charge in [-0.3, -0.25) is 39.0 Å². The van der Waals surface area contributed by atoms with E-state index in [9.17, 15) is 33.9 Å². The lowest BCUT2D eigenvalue weighted by Gasteiger charge is -2.71. The number of unbranched alkanes of at least 4 members (excludes halogenated alkanes) is 5. The topological polar surface area (TPSA) is 180 Å². The monoisotopic (exact) mass is 969 g/mol. The number of amides is 6. The number of rotatable bonds is 19. The smallest absolute Gasteiger partial charge is 0.264 e. The first-order valence-corrected chi connectivity index (χ1v) is 27.2.